The Hall–Kier alpha value is -2.51. The summed E-state index contributed by atoms with van der Waals surface area (Å²) in [5, 5.41) is 0.420. The summed E-state index contributed by atoms with van der Waals surface area (Å²) in [5.41, 5.74) is 0.376. The van der Waals surface area contributed by atoms with Gasteiger partial charge in [-0.3, -0.25) is 9.59 Å². The minimum absolute atomic E-state index is 0.147. The smallest absolute Gasteiger partial charge is 0.318 e. The number of nitrogens with zero attached hydrogens (tertiary/aromatic N) is 2. The van der Waals surface area contributed by atoms with Crippen LogP contribution in [-0.4, -0.2) is 42.6 Å². The number of carbonyl (C=O) groups is 2. The molecule has 7 nitrogen and oxygen atoms in total. The van der Waals surface area contributed by atoms with Crippen molar-refractivity contribution < 1.29 is 23.8 Å². The van der Waals surface area contributed by atoms with Crippen molar-refractivity contribution in [2.45, 2.75) is 46.2 Å². The fourth-order valence-electron chi connectivity index (χ4n) is 3.59. The Labute approximate surface area is 204 Å². The van der Waals surface area contributed by atoms with Gasteiger partial charge in [-0.2, -0.15) is 0 Å². The Morgan fingerprint density at radius 1 is 1.09 bits per heavy atom. The number of halogens is 2. The molecule has 0 aliphatic carbocycles. The van der Waals surface area contributed by atoms with Crippen molar-refractivity contribution >= 4 is 35.1 Å². The number of hydrogen-bond donors (Lipinski definition) is 0. The van der Waals surface area contributed by atoms with Gasteiger partial charge in [0.05, 0.1) is 32.9 Å². The second-order valence-corrected chi connectivity index (χ2v) is 8.59. The van der Waals surface area contributed by atoms with Crippen molar-refractivity contribution in [2.75, 3.05) is 20.8 Å². The van der Waals surface area contributed by atoms with E-state index in [1.54, 1.807) is 57.2 Å². The van der Waals surface area contributed by atoms with E-state index in [-0.39, 0.29) is 35.8 Å². The average molecular weight is 497 g/mol. The number of amides is 1. The molecule has 180 valence electrons. The van der Waals surface area contributed by atoms with Gasteiger partial charge in [-0.15, -0.1) is 0 Å². The average Bonchev–Trinajstić information content (AvgIpc) is 2.77. The number of ether oxygens (including phenoxy) is 3. The molecule has 2 rings (SSSR count). The quantitative estimate of drug-likeness (QED) is 0.253. The number of esters is 1. The summed E-state index contributed by atoms with van der Waals surface area (Å²) in [6, 6.07) is 8.69. The standard InChI is InChI=1S/C24H30Cl2N2O5/c1-7-17(23(30)33-8-2)22(29)28(14-15-9-10-16(31-5)13-19(15)32-6)24(3,4)18-11-12-20(25)27-21(18)26/h9-13,17H,7-8,14H2,1-6H3. The van der Waals surface area contributed by atoms with Gasteiger partial charge >= 0.3 is 5.97 Å². The first-order chi connectivity index (χ1) is 15.6. The summed E-state index contributed by atoms with van der Waals surface area (Å²) in [7, 11) is 3.11. The molecule has 1 atom stereocenters. The van der Waals surface area contributed by atoms with Crippen molar-refractivity contribution in [3.05, 3.63) is 51.8 Å². The van der Waals surface area contributed by atoms with Crippen LogP contribution in [0.1, 0.15) is 45.2 Å². The molecule has 0 aliphatic heterocycles. The predicted octanol–water partition coefficient (Wildman–Crippen LogP) is 5.26. The Morgan fingerprint density at radius 3 is 2.33 bits per heavy atom. The SMILES string of the molecule is CCOC(=O)C(CC)C(=O)N(Cc1ccc(OC)cc1OC)C(C)(C)c1ccc(Cl)nc1Cl. The second kappa shape index (κ2) is 11.6. The van der Waals surface area contributed by atoms with Gasteiger partial charge in [0.25, 0.3) is 0 Å². The van der Waals surface area contributed by atoms with Gasteiger partial charge in [-0.25, -0.2) is 4.98 Å². The summed E-state index contributed by atoms with van der Waals surface area (Å²) < 4.78 is 16.0. The molecule has 0 spiro atoms. The molecular weight excluding hydrogens is 467 g/mol. The van der Waals surface area contributed by atoms with E-state index in [4.69, 9.17) is 37.4 Å². The fourth-order valence-corrected chi connectivity index (χ4v) is 4.17. The molecule has 9 heteroatoms. The first-order valence-electron chi connectivity index (χ1n) is 10.6. The van der Waals surface area contributed by atoms with E-state index >= 15 is 0 Å². The highest BCUT2D eigenvalue weighted by atomic mass is 35.5. The Balaban J connectivity index is 2.60. The zero-order valence-electron chi connectivity index (χ0n) is 19.8. The van der Waals surface area contributed by atoms with E-state index in [1.807, 2.05) is 19.9 Å². The maximum absolute atomic E-state index is 13.8. The second-order valence-electron chi connectivity index (χ2n) is 7.85. The fraction of sp³-hybridized carbons (Fsp3) is 0.458. The van der Waals surface area contributed by atoms with E-state index in [0.29, 0.717) is 17.1 Å². The van der Waals surface area contributed by atoms with Crippen LogP contribution >= 0.6 is 23.2 Å². The van der Waals surface area contributed by atoms with Crippen LogP contribution in [-0.2, 0) is 26.4 Å². The van der Waals surface area contributed by atoms with Crippen LogP contribution in [0.25, 0.3) is 0 Å². The highest BCUT2D eigenvalue weighted by Gasteiger charge is 2.40. The van der Waals surface area contributed by atoms with Crippen molar-refractivity contribution in [3.8, 4) is 11.5 Å². The van der Waals surface area contributed by atoms with Crippen molar-refractivity contribution in [3.63, 3.8) is 0 Å². The molecule has 1 amide bonds. The minimum atomic E-state index is -0.965. The summed E-state index contributed by atoms with van der Waals surface area (Å²) in [6.45, 7) is 7.50. The Kier molecular flexibility index (Phi) is 9.37. The molecule has 0 saturated heterocycles. The molecule has 0 saturated carbocycles. The number of benzene rings is 1. The molecule has 0 bridgehead atoms. The molecule has 0 aliphatic rings. The summed E-state index contributed by atoms with van der Waals surface area (Å²) in [4.78, 5) is 32.1. The molecule has 1 aromatic carbocycles. The summed E-state index contributed by atoms with van der Waals surface area (Å²) >= 11 is 12.4. The summed E-state index contributed by atoms with van der Waals surface area (Å²) in [5.74, 6) is -0.742. The van der Waals surface area contributed by atoms with E-state index in [9.17, 15) is 9.59 Å². The number of hydrogen-bond acceptors (Lipinski definition) is 6. The third-order valence-electron chi connectivity index (χ3n) is 5.51. The number of methoxy groups -OCH3 is 2. The lowest BCUT2D eigenvalue weighted by Gasteiger charge is -2.41. The monoisotopic (exact) mass is 496 g/mol. The van der Waals surface area contributed by atoms with Crippen LogP contribution in [0.4, 0.5) is 0 Å². The van der Waals surface area contributed by atoms with Crippen LogP contribution < -0.4 is 9.47 Å². The molecule has 1 unspecified atom stereocenters. The van der Waals surface area contributed by atoms with Crippen molar-refractivity contribution in [2.24, 2.45) is 5.92 Å². The van der Waals surface area contributed by atoms with Gasteiger partial charge in [-0.05, 0) is 45.4 Å². The summed E-state index contributed by atoms with van der Waals surface area (Å²) in [6.07, 6.45) is 0.288. The maximum Gasteiger partial charge on any atom is 0.318 e. The molecule has 2 aromatic rings. The number of aromatic nitrogens is 1. The number of pyridine rings is 1. The predicted molar refractivity (Wildman–Crippen MR) is 128 cm³/mol. The number of rotatable bonds is 10. The van der Waals surface area contributed by atoms with E-state index in [2.05, 4.69) is 4.98 Å². The molecule has 0 fully saturated rings. The largest absolute Gasteiger partial charge is 0.497 e. The Bertz CT molecular complexity index is 997. The van der Waals surface area contributed by atoms with Crippen LogP contribution in [0, 0.1) is 5.92 Å². The zero-order valence-corrected chi connectivity index (χ0v) is 21.3. The van der Waals surface area contributed by atoms with Crippen molar-refractivity contribution in [1.29, 1.82) is 0 Å². The van der Waals surface area contributed by atoms with E-state index in [1.165, 1.54) is 0 Å². The van der Waals surface area contributed by atoms with Crippen LogP contribution in [0.15, 0.2) is 30.3 Å². The lowest BCUT2D eigenvalue weighted by molar-refractivity contribution is -0.158. The molecular formula is C24H30Cl2N2O5. The van der Waals surface area contributed by atoms with Crippen LogP contribution in [0.3, 0.4) is 0 Å². The highest BCUT2D eigenvalue weighted by molar-refractivity contribution is 6.33. The van der Waals surface area contributed by atoms with Gasteiger partial charge in [0.2, 0.25) is 5.91 Å². The zero-order chi connectivity index (χ0) is 24.8. The minimum Gasteiger partial charge on any atom is -0.497 e. The van der Waals surface area contributed by atoms with Crippen LogP contribution in [0.2, 0.25) is 10.3 Å². The normalized spacial score (nSPS) is 12.1. The number of carbonyl (C=O) groups excluding carboxylic acids is 2. The molecule has 1 aromatic heterocycles. The van der Waals surface area contributed by atoms with Gasteiger partial charge in [-0.1, -0.05) is 36.2 Å². The highest BCUT2D eigenvalue weighted by Crippen LogP contribution is 2.37. The Morgan fingerprint density at radius 2 is 1.79 bits per heavy atom. The third-order valence-corrected chi connectivity index (χ3v) is 6.01. The topological polar surface area (TPSA) is 78.0 Å². The van der Waals surface area contributed by atoms with Gasteiger partial charge in [0.1, 0.15) is 27.7 Å². The van der Waals surface area contributed by atoms with E-state index < -0.39 is 17.4 Å². The van der Waals surface area contributed by atoms with Gasteiger partial charge in [0, 0.05) is 17.2 Å². The maximum atomic E-state index is 13.8. The molecule has 0 N–H and O–H groups in total. The van der Waals surface area contributed by atoms with Crippen molar-refractivity contribution in [1.82, 2.24) is 9.88 Å². The van der Waals surface area contributed by atoms with Crippen LogP contribution in [0.5, 0.6) is 11.5 Å². The first-order valence-corrected chi connectivity index (χ1v) is 11.4. The molecule has 0 radical (unpaired) electrons. The molecule has 33 heavy (non-hydrogen) atoms. The molecule has 1 heterocycles. The lowest BCUT2D eigenvalue weighted by atomic mass is 9.90. The first kappa shape index (κ1) is 26.7. The lowest BCUT2D eigenvalue weighted by Crippen LogP contribution is -2.49. The van der Waals surface area contributed by atoms with Gasteiger partial charge < -0.3 is 19.1 Å². The third kappa shape index (κ3) is 6.09. The van der Waals surface area contributed by atoms with E-state index in [0.717, 1.165) is 5.56 Å². The van der Waals surface area contributed by atoms with Gasteiger partial charge in [0.15, 0.2) is 0 Å².